The summed E-state index contributed by atoms with van der Waals surface area (Å²) in [6.07, 6.45) is 0. The Morgan fingerprint density at radius 3 is 2.62 bits per heavy atom. The van der Waals surface area contributed by atoms with E-state index in [0.717, 1.165) is 21.3 Å². The van der Waals surface area contributed by atoms with Gasteiger partial charge in [0.25, 0.3) is 15.7 Å². The summed E-state index contributed by atoms with van der Waals surface area (Å²) < 4.78 is 28.5. The number of rotatable bonds is 4. The van der Waals surface area contributed by atoms with Crippen LogP contribution in [-0.4, -0.2) is 18.3 Å². The highest BCUT2D eigenvalue weighted by Gasteiger charge is 2.21. The molecule has 1 heterocycles. The Balaban J connectivity index is 2.00. The summed E-state index contributed by atoms with van der Waals surface area (Å²) in [5.41, 5.74) is 1.35. The molecule has 0 aliphatic heterocycles. The van der Waals surface area contributed by atoms with Gasteiger partial charge in [0, 0.05) is 12.1 Å². The van der Waals surface area contributed by atoms with E-state index in [2.05, 4.69) is 9.71 Å². The highest BCUT2D eigenvalue weighted by atomic mass is 32.2. The highest BCUT2D eigenvalue weighted by Crippen LogP contribution is 2.28. The molecule has 0 atom stereocenters. The molecule has 0 bridgehead atoms. The van der Waals surface area contributed by atoms with Crippen LogP contribution in [0.4, 0.5) is 11.4 Å². The minimum Gasteiger partial charge on any atom is -0.280 e. The van der Waals surface area contributed by atoms with E-state index in [4.69, 9.17) is 0 Å². The minimum atomic E-state index is -3.93. The van der Waals surface area contributed by atoms with Crippen molar-refractivity contribution in [3.05, 3.63) is 57.1 Å². The second-order valence-corrected chi connectivity index (χ2v) is 8.11. The third-order valence-electron chi connectivity index (χ3n) is 3.42. The predicted molar refractivity (Wildman–Crippen MR) is 93.0 cm³/mol. The van der Waals surface area contributed by atoms with Crippen LogP contribution in [0.3, 0.4) is 0 Å². The maximum atomic E-state index is 12.6. The number of nitro groups is 1. The fourth-order valence-electron chi connectivity index (χ4n) is 2.31. The van der Waals surface area contributed by atoms with Crippen molar-refractivity contribution in [2.24, 2.45) is 0 Å². The molecule has 0 amide bonds. The van der Waals surface area contributed by atoms with Gasteiger partial charge < -0.3 is 0 Å². The van der Waals surface area contributed by atoms with Crippen molar-refractivity contribution in [2.45, 2.75) is 18.7 Å². The van der Waals surface area contributed by atoms with Gasteiger partial charge in [-0.1, -0.05) is 6.07 Å². The van der Waals surface area contributed by atoms with Crippen LogP contribution >= 0.6 is 11.3 Å². The Morgan fingerprint density at radius 1 is 1.17 bits per heavy atom. The molecule has 0 aliphatic carbocycles. The number of nitro benzene ring substituents is 1. The molecule has 3 aromatic rings. The smallest absolute Gasteiger partial charge is 0.270 e. The molecule has 7 nitrogen and oxygen atoms in total. The normalized spacial score (nSPS) is 11.6. The number of benzene rings is 2. The third-order valence-corrected chi connectivity index (χ3v) is 5.88. The minimum absolute atomic E-state index is 0.114. The summed E-state index contributed by atoms with van der Waals surface area (Å²) >= 11 is 1.46. The van der Waals surface area contributed by atoms with Crippen molar-refractivity contribution in [1.29, 1.82) is 0 Å². The van der Waals surface area contributed by atoms with Gasteiger partial charge >= 0.3 is 0 Å². The van der Waals surface area contributed by atoms with Crippen molar-refractivity contribution in [3.8, 4) is 0 Å². The molecule has 0 aliphatic rings. The number of aryl methyl sites for hydroxylation is 2. The molecule has 0 saturated carbocycles. The average molecular weight is 363 g/mol. The number of hydrogen-bond donors (Lipinski definition) is 1. The number of fused-ring (bicyclic) bond motifs is 1. The first kappa shape index (κ1) is 16.3. The molecule has 24 heavy (non-hydrogen) atoms. The molecule has 2 aromatic carbocycles. The monoisotopic (exact) mass is 363 g/mol. The number of aromatic nitrogens is 1. The zero-order valence-electron chi connectivity index (χ0n) is 12.8. The van der Waals surface area contributed by atoms with Crippen LogP contribution in [0.2, 0.25) is 0 Å². The highest BCUT2D eigenvalue weighted by molar-refractivity contribution is 7.92. The van der Waals surface area contributed by atoms with E-state index in [-0.39, 0.29) is 10.6 Å². The molecule has 0 fully saturated rings. The first-order chi connectivity index (χ1) is 11.3. The Labute approximate surface area is 142 Å². The van der Waals surface area contributed by atoms with Crippen LogP contribution in [-0.2, 0) is 10.0 Å². The topological polar surface area (TPSA) is 102 Å². The van der Waals surface area contributed by atoms with Crippen molar-refractivity contribution >= 4 is 43.0 Å². The summed E-state index contributed by atoms with van der Waals surface area (Å²) in [5.74, 6) is 0. The number of nitrogens with one attached hydrogen (secondary N) is 1. The number of anilines is 1. The van der Waals surface area contributed by atoms with Crippen LogP contribution in [0.15, 0.2) is 41.3 Å². The fourth-order valence-corrected chi connectivity index (χ4v) is 4.49. The zero-order chi connectivity index (χ0) is 17.5. The molecular formula is C15H13N3O4S2. The summed E-state index contributed by atoms with van der Waals surface area (Å²) in [4.78, 5) is 14.5. The molecule has 9 heteroatoms. The first-order valence-electron chi connectivity index (χ1n) is 6.91. The second-order valence-electron chi connectivity index (χ2n) is 5.23. The van der Waals surface area contributed by atoms with Gasteiger partial charge in [0.2, 0.25) is 0 Å². The van der Waals surface area contributed by atoms with Gasteiger partial charge in [0.05, 0.1) is 30.7 Å². The van der Waals surface area contributed by atoms with Crippen molar-refractivity contribution in [1.82, 2.24) is 4.98 Å². The molecular weight excluding hydrogens is 350 g/mol. The van der Waals surface area contributed by atoms with E-state index < -0.39 is 14.9 Å². The van der Waals surface area contributed by atoms with Gasteiger partial charge in [0.15, 0.2) is 0 Å². The van der Waals surface area contributed by atoms with E-state index in [1.54, 1.807) is 25.1 Å². The predicted octanol–water partition coefficient (Wildman–Crippen LogP) is 3.62. The first-order valence-corrected chi connectivity index (χ1v) is 9.21. The fraction of sp³-hybridized carbons (Fsp3) is 0.133. The number of hydrogen-bond acceptors (Lipinski definition) is 6. The zero-order valence-corrected chi connectivity index (χ0v) is 14.4. The second kappa shape index (κ2) is 5.84. The lowest BCUT2D eigenvalue weighted by molar-refractivity contribution is -0.385. The summed E-state index contributed by atoms with van der Waals surface area (Å²) in [7, 11) is -3.93. The summed E-state index contributed by atoms with van der Waals surface area (Å²) in [6.45, 7) is 3.47. The lowest BCUT2D eigenvalue weighted by Gasteiger charge is -2.10. The lowest BCUT2D eigenvalue weighted by atomic mass is 10.2. The number of sulfonamides is 1. The molecule has 0 saturated heterocycles. The van der Waals surface area contributed by atoms with Crippen molar-refractivity contribution in [2.75, 3.05) is 4.72 Å². The maximum absolute atomic E-state index is 12.6. The van der Waals surface area contributed by atoms with Crippen LogP contribution in [0.1, 0.15) is 10.6 Å². The molecule has 0 unspecified atom stereocenters. The van der Waals surface area contributed by atoms with Gasteiger partial charge in [-0.15, -0.1) is 11.3 Å². The van der Waals surface area contributed by atoms with E-state index in [0.29, 0.717) is 11.3 Å². The average Bonchev–Trinajstić information content (AvgIpc) is 2.86. The summed E-state index contributed by atoms with van der Waals surface area (Å²) in [6, 6.07) is 8.81. The van der Waals surface area contributed by atoms with Crippen LogP contribution < -0.4 is 4.72 Å². The molecule has 1 aromatic heterocycles. The molecule has 124 valence electrons. The maximum Gasteiger partial charge on any atom is 0.270 e. The molecule has 1 N–H and O–H groups in total. The largest absolute Gasteiger partial charge is 0.280 e. The Hall–Kier alpha value is -2.52. The summed E-state index contributed by atoms with van der Waals surface area (Å²) in [5, 5.41) is 11.8. The van der Waals surface area contributed by atoms with E-state index >= 15 is 0 Å². The Morgan fingerprint density at radius 2 is 1.92 bits per heavy atom. The quantitative estimate of drug-likeness (QED) is 0.563. The van der Waals surface area contributed by atoms with Gasteiger partial charge in [-0.2, -0.15) is 0 Å². The van der Waals surface area contributed by atoms with Crippen molar-refractivity contribution < 1.29 is 13.3 Å². The van der Waals surface area contributed by atoms with Gasteiger partial charge in [-0.25, -0.2) is 13.4 Å². The van der Waals surface area contributed by atoms with Gasteiger partial charge in [0.1, 0.15) is 0 Å². The molecule has 0 spiro atoms. The van der Waals surface area contributed by atoms with Crippen LogP contribution in [0.5, 0.6) is 0 Å². The number of non-ortho nitro benzene ring substituents is 1. The Kier molecular flexibility index (Phi) is 3.98. The van der Waals surface area contributed by atoms with Crippen LogP contribution in [0, 0.1) is 24.0 Å². The lowest BCUT2D eigenvalue weighted by Crippen LogP contribution is -2.14. The van der Waals surface area contributed by atoms with Crippen molar-refractivity contribution in [3.63, 3.8) is 0 Å². The Bertz CT molecular complexity index is 1060. The third kappa shape index (κ3) is 3.08. The molecule has 3 rings (SSSR count). The van der Waals surface area contributed by atoms with E-state index in [9.17, 15) is 18.5 Å². The number of nitrogens with zero attached hydrogens (tertiary/aromatic N) is 2. The van der Waals surface area contributed by atoms with Gasteiger partial charge in [-0.3, -0.25) is 14.8 Å². The van der Waals surface area contributed by atoms with Crippen LogP contribution in [0.25, 0.3) is 10.2 Å². The van der Waals surface area contributed by atoms with Gasteiger partial charge in [-0.05, 0) is 37.6 Å². The molecule has 0 radical (unpaired) electrons. The van der Waals surface area contributed by atoms with E-state index in [1.165, 1.54) is 23.5 Å². The van der Waals surface area contributed by atoms with E-state index in [1.807, 2.05) is 6.92 Å². The standard InChI is InChI=1S/C15H13N3O4S2/c1-9-3-5-12(18(19)20)8-15(9)24(21,22)17-11-4-6-13-14(7-11)23-10(2)16-13/h3-8,17H,1-2H3. The SMILES string of the molecule is Cc1nc2ccc(NS(=O)(=O)c3cc([N+](=O)[O-])ccc3C)cc2s1. The number of thiazole rings is 1.